The van der Waals surface area contributed by atoms with Crippen LogP contribution in [0.5, 0.6) is 11.5 Å². The molecule has 7 nitrogen and oxygen atoms in total. The van der Waals surface area contributed by atoms with Gasteiger partial charge >= 0.3 is 5.63 Å². The number of nitrogens with one attached hydrogen (secondary N) is 1. The molecular formula is C19H16N2O5. The Morgan fingerprint density at radius 3 is 2.69 bits per heavy atom. The lowest BCUT2D eigenvalue weighted by Gasteiger charge is -2.06. The fourth-order valence-corrected chi connectivity index (χ4v) is 2.37. The highest BCUT2D eigenvalue weighted by Crippen LogP contribution is 2.23. The maximum absolute atomic E-state index is 12.2. The molecule has 0 fully saturated rings. The van der Waals surface area contributed by atoms with Crippen molar-refractivity contribution in [3.05, 3.63) is 70.1 Å². The average Bonchev–Trinajstić information content (AvgIpc) is 2.67. The summed E-state index contributed by atoms with van der Waals surface area (Å²) in [5, 5.41) is 4.53. The van der Waals surface area contributed by atoms with E-state index in [0.29, 0.717) is 28.0 Å². The van der Waals surface area contributed by atoms with Crippen molar-refractivity contribution in [3.8, 4) is 11.5 Å². The molecule has 26 heavy (non-hydrogen) atoms. The lowest BCUT2D eigenvalue weighted by atomic mass is 10.2. The van der Waals surface area contributed by atoms with E-state index >= 15 is 0 Å². The number of ether oxygens (including phenoxy) is 2. The number of hydrazone groups is 1. The first kappa shape index (κ1) is 17.2. The predicted octanol–water partition coefficient (Wildman–Crippen LogP) is 2.57. The van der Waals surface area contributed by atoms with Crippen molar-refractivity contribution < 1.29 is 18.7 Å². The van der Waals surface area contributed by atoms with E-state index in [1.54, 1.807) is 49.6 Å². The largest absolute Gasteiger partial charge is 0.497 e. The minimum Gasteiger partial charge on any atom is -0.497 e. The first-order valence-electron chi connectivity index (χ1n) is 7.70. The molecule has 1 amide bonds. The first-order valence-corrected chi connectivity index (χ1v) is 7.70. The van der Waals surface area contributed by atoms with E-state index in [1.165, 1.54) is 19.4 Å². The molecule has 0 aliphatic heterocycles. The van der Waals surface area contributed by atoms with Gasteiger partial charge in [0, 0.05) is 17.0 Å². The van der Waals surface area contributed by atoms with E-state index in [9.17, 15) is 9.59 Å². The normalized spacial score (nSPS) is 10.8. The van der Waals surface area contributed by atoms with Gasteiger partial charge in [0.1, 0.15) is 22.6 Å². The highest BCUT2D eigenvalue weighted by molar-refractivity contribution is 5.97. The maximum atomic E-state index is 12.2. The molecule has 3 rings (SSSR count). The number of fused-ring (bicyclic) bond motifs is 1. The van der Waals surface area contributed by atoms with Crippen LogP contribution in [0, 0.1) is 0 Å². The first-order chi connectivity index (χ1) is 12.6. The third-order valence-corrected chi connectivity index (χ3v) is 3.70. The molecule has 0 unspecified atom stereocenters. The Balaban J connectivity index is 1.80. The molecule has 0 saturated heterocycles. The Bertz CT molecular complexity index is 1040. The molecule has 0 atom stereocenters. The molecule has 0 spiro atoms. The Labute approximate surface area is 148 Å². The van der Waals surface area contributed by atoms with Gasteiger partial charge in [0.25, 0.3) is 5.91 Å². The number of hydrogen-bond acceptors (Lipinski definition) is 6. The molecule has 0 radical (unpaired) electrons. The minimum atomic E-state index is -0.724. The Morgan fingerprint density at radius 1 is 1.12 bits per heavy atom. The maximum Gasteiger partial charge on any atom is 0.349 e. The van der Waals surface area contributed by atoms with Gasteiger partial charge in [0.15, 0.2) is 0 Å². The quantitative estimate of drug-likeness (QED) is 0.433. The van der Waals surface area contributed by atoms with Crippen LogP contribution in [0.1, 0.15) is 15.9 Å². The van der Waals surface area contributed by atoms with Crippen LogP contribution in [0.15, 0.2) is 62.8 Å². The highest BCUT2D eigenvalue weighted by Gasteiger charge is 2.13. The lowest BCUT2D eigenvalue weighted by molar-refractivity contribution is 0.0951. The number of carbonyl (C=O) groups excluding carboxylic acids is 1. The Hall–Kier alpha value is -3.61. The summed E-state index contributed by atoms with van der Waals surface area (Å²) in [7, 11) is 3.07. The summed E-state index contributed by atoms with van der Waals surface area (Å²) in [4.78, 5) is 24.2. The van der Waals surface area contributed by atoms with Crippen molar-refractivity contribution in [3.63, 3.8) is 0 Å². The number of rotatable bonds is 5. The zero-order valence-electron chi connectivity index (χ0n) is 14.2. The molecule has 7 heteroatoms. The fraction of sp³-hybridized carbons (Fsp3) is 0.105. The molecule has 1 heterocycles. The van der Waals surface area contributed by atoms with E-state index in [4.69, 9.17) is 13.9 Å². The molecule has 2 aromatic carbocycles. The molecule has 0 aliphatic carbocycles. The zero-order valence-corrected chi connectivity index (χ0v) is 14.2. The van der Waals surface area contributed by atoms with Crippen LogP contribution in [0.4, 0.5) is 0 Å². The van der Waals surface area contributed by atoms with Crippen LogP contribution in [-0.2, 0) is 0 Å². The molecule has 0 saturated carbocycles. The highest BCUT2D eigenvalue weighted by atomic mass is 16.5. The monoisotopic (exact) mass is 352 g/mol. The topological polar surface area (TPSA) is 90.1 Å². The fourth-order valence-electron chi connectivity index (χ4n) is 2.37. The summed E-state index contributed by atoms with van der Waals surface area (Å²) in [6.45, 7) is 0. The van der Waals surface area contributed by atoms with E-state index in [1.807, 2.05) is 0 Å². The standard InChI is InChI=1S/C19H16N2O5/c1-24-14-8-7-13(17(10-14)25-2)11-20-21-18(22)15-9-12-5-3-4-6-16(12)26-19(15)23/h3-11H,1-2H3,(H,21,22)/b20-11-. The van der Waals surface area contributed by atoms with E-state index < -0.39 is 11.5 Å². The number of amides is 1. The number of benzene rings is 2. The number of hydrogen-bond donors (Lipinski definition) is 1. The predicted molar refractivity (Wildman–Crippen MR) is 97.1 cm³/mol. The van der Waals surface area contributed by atoms with E-state index in [2.05, 4.69) is 10.5 Å². The van der Waals surface area contributed by atoms with Crippen LogP contribution in [0.3, 0.4) is 0 Å². The number of para-hydroxylation sites is 1. The van der Waals surface area contributed by atoms with Crippen molar-refractivity contribution in [1.82, 2.24) is 5.43 Å². The summed E-state index contributed by atoms with van der Waals surface area (Å²) in [6.07, 6.45) is 1.42. The average molecular weight is 352 g/mol. The summed E-state index contributed by atoms with van der Waals surface area (Å²) in [6, 6.07) is 13.6. The number of nitrogens with zero attached hydrogens (tertiary/aromatic N) is 1. The van der Waals surface area contributed by atoms with E-state index in [-0.39, 0.29) is 5.56 Å². The summed E-state index contributed by atoms with van der Waals surface area (Å²) >= 11 is 0. The van der Waals surface area contributed by atoms with Crippen molar-refractivity contribution in [2.24, 2.45) is 5.10 Å². The van der Waals surface area contributed by atoms with Gasteiger partial charge in [0.2, 0.25) is 0 Å². The summed E-state index contributed by atoms with van der Waals surface area (Å²) < 4.78 is 15.5. The van der Waals surface area contributed by atoms with Gasteiger partial charge in [-0.15, -0.1) is 0 Å². The number of carbonyl (C=O) groups is 1. The molecule has 3 aromatic rings. The van der Waals surface area contributed by atoms with Gasteiger partial charge < -0.3 is 13.9 Å². The smallest absolute Gasteiger partial charge is 0.349 e. The van der Waals surface area contributed by atoms with Crippen LogP contribution >= 0.6 is 0 Å². The van der Waals surface area contributed by atoms with Crippen molar-refractivity contribution in [2.75, 3.05) is 14.2 Å². The van der Waals surface area contributed by atoms with Gasteiger partial charge in [-0.05, 0) is 24.3 Å². The Kier molecular flexibility index (Phi) is 4.98. The van der Waals surface area contributed by atoms with Crippen LogP contribution in [0.2, 0.25) is 0 Å². The second-order valence-corrected chi connectivity index (χ2v) is 5.29. The lowest BCUT2D eigenvalue weighted by Crippen LogP contribution is -2.24. The summed E-state index contributed by atoms with van der Waals surface area (Å²) in [5.74, 6) is 0.512. The third-order valence-electron chi connectivity index (χ3n) is 3.70. The van der Waals surface area contributed by atoms with Crippen molar-refractivity contribution in [1.29, 1.82) is 0 Å². The minimum absolute atomic E-state index is 0.123. The van der Waals surface area contributed by atoms with Gasteiger partial charge in [0.05, 0.1) is 20.4 Å². The molecule has 0 bridgehead atoms. The van der Waals surface area contributed by atoms with Gasteiger partial charge in [-0.1, -0.05) is 18.2 Å². The van der Waals surface area contributed by atoms with Crippen molar-refractivity contribution in [2.45, 2.75) is 0 Å². The zero-order chi connectivity index (χ0) is 18.5. The van der Waals surface area contributed by atoms with Crippen LogP contribution in [0.25, 0.3) is 11.0 Å². The van der Waals surface area contributed by atoms with Crippen molar-refractivity contribution >= 4 is 23.1 Å². The van der Waals surface area contributed by atoms with Gasteiger partial charge in [-0.3, -0.25) is 4.79 Å². The molecule has 1 aromatic heterocycles. The molecule has 132 valence electrons. The van der Waals surface area contributed by atoms with E-state index in [0.717, 1.165) is 0 Å². The molecule has 1 N–H and O–H groups in total. The Morgan fingerprint density at radius 2 is 1.92 bits per heavy atom. The van der Waals surface area contributed by atoms with Gasteiger partial charge in [-0.25, -0.2) is 10.2 Å². The molecule has 0 aliphatic rings. The second-order valence-electron chi connectivity index (χ2n) is 5.29. The second kappa shape index (κ2) is 7.52. The van der Waals surface area contributed by atoms with Crippen LogP contribution < -0.4 is 20.5 Å². The number of methoxy groups -OCH3 is 2. The molecular weight excluding hydrogens is 336 g/mol. The third kappa shape index (κ3) is 3.56. The van der Waals surface area contributed by atoms with Gasteiger partial charge in [-0.2, -0.15) is 5.10 Å². The summed E-state index contributed by atoms with van der Waals surface area (Å²) in [5.41, 5.74) is 2.53. The van der Waals surface area contributed by atoms with Crippen LogP contribution in [-0.4, -0.2) is 26.3 Å². The SMILES string of the molecule is COc1ccc(/C=N\NC(=O)c2cc3ccccc3oc2=O)c(OC)c1.